The van der Waals surface area contributed by atoms with Crippen molar-refractivity contribution in [3.8, 4) is 0 Å². The van der Waals surface area contributed by atoms with Crippen molar-refractivity contribution in [3.05, 3.63) is 59.7 Å². The number of rotatable bonds is 5. The summed E-state index contributed by atoms with van der Waals surface area (Å²) in [5.41, 5.74) is 3.65. The summed E-state index contributed by atoms with van der Waals surface area (Å²) in [6, 6.07) is 12.1. The molecule has 6 nitrogen and oxygen atoms in total. The summed E-state index contributed by atoms with van der Waals surface area (Å²) in [5, 5.41) is 11.9. The van der Waals surface area contributed by atoms with E-state index in [1.165, 1.54) is 23.9 Å². The van der Waals surface area contributed by atoms with Gasteiger partial charge in [-0.2, -0.15) is 0 Å². The maximum absolute atomic E-state index is 13.4. The van der Waals surface area contributed by atoms with Crippen LogP contribution in [0.1, 0.15) is 18.3 Å². The first-order valence-electron chi connectivity index (χ1n) is 8.88. The van der Waals surface area contributed by atoms with Gasteiger partial charge in [-0.3, -0.25) is 9.20 Å². The predicted molar refractivity (Wildman–Crippen MR) is 108 cm³/mol. The van der Waals surface area contributed by atoms with Crippen molar-refractivity contribution in [1.82, 2.24) is 19.6 Å². The number of hydrogen-bond acceptors (Lipinski definition) is 5. The molecule has 0 aliphatic carbocycles. The standard InChI is InChI=1S/C20H18FN5OS/c1-3-17-24-25-19-20(23-14-6-4-5-7-16(14)26(17)19)28-11-18(27)22-15-10-13(21)9-8-12(15)2/h4-10H,3,11H2,1-2H3,(H,22,27). The average molecular weight is 395 g/mol. The Hall–Kier alpha value is -3.00. The van der Waals surface area contributed by atoms with Gasteiger partial charge in [0.1, 0.15) is 16.7 Å². The SMILES string of the molecule is CCc1nnc2c(SCC(=O)Nc3cc(F)ccc3C)nc3ccccc3n12. The number of carbonyl (C=O) groups is 1. The molecule has 28 heavy (non-hydrogen) atoms. The summed E-state index contributed by atoms with van der Waals surface area (Å²) < 4.78 is 15.4. The van der Waals surface area contributed by atoms with E-state index in [9.17, 15) is 9.18 Å². The fourth-order valence-corrected chi connectivity index (χ4v) is 3.75. The van der Waals surface area contributed by atoms with Gasteiger partial charge in [0, 0.05) is 12.1 Å². The number of aryl methyl sites for hydroxylation is 2. The molecular weight excluding hydrogens is 377 g/mol. The lowest BCUT2D eigenvalue weighted by atomic mass is 10.2. The molecule has 1 N–H and O–H groups in total. The monoisotopic (exact) mass is 395 g/mol. The van der Waals surface area contributed by atoms with E-state index >= 15 is 0 Å². The molecule has 0 saturated heterocycles. The smallest absolute Gasteiger partial charge is 0.234 e. The zero-order valence-electron chi connectivity index (χ0n) is 15.4. The molecular formula is C20H18FN5OS. The highest BCUT2D eigenvalue weighted by atomic mass is 32.2. The number of nitrogens with one attached hydrogen (secondary N) is 1. The molecule has 0 radical (unpaired) electrons. The van der Waals surface area contributed by atoms with Gasteiger partial charge in [-0.25, -0.2) is 9.37 Å². The molecule has 0 saturated carbocycles. The molecule has 0 fully saturated rings. The fourth-order valence-electron chi connectivity index (χ4n) is 2.99. The molecule has 2 aromatic heterocycles. The van der Waals surface area contributed by atoms with E-state index in [0.717, 1.165) is 28.8 Å². The van der Waals surface area contributed by atoms with Crippen LogP contribution in [-0.4, -0.2) is 31.2 Å². The van der Waals surface area contributed by atoms with Crippen LogP contribution in [0.25, 0.3) is 16.7 Å². The Morgan fingerprint density at radius 1 is 1.21 bits per heavy atom. The van der Waals surface area contributed by atoms with Crippen molar-refractivity contribution in [3.63, 3.8) is 0 Å². The van der Waals surface area contributed by atoms with Crippen molar-refractivity contribution in [2.75, 3.05) is 11.1 Å². The molecule has 0 aliphatic rings. The number of nitrogens with zero attached hydrogens (tertiary/aromatic N) is 4. The van der Waals surface area contributed by atoms with Gasteiger partial charge >= 0.3 is 0 Å². The van der Waals surface area contributed by atoms with Gasteiger partial charge < -0.3 is 5.32 Å². The molecule has 0 spiro atoms. The summed E-state index contributed by atoms with van der Waals surface area (Å²) >= 11 is 1.29. The van der Waals surface area contributed by atoms with E-state index in [4.69, 9.17) is 0 Å². The number of amides is 1. The topological polar surface area (TPSA) is 72.2 Å². The Morgan fingerprint density at radius 2 is 2.04 bits per heavy atom. The molecule has 8 heteroatoms. The number of carbonyl (C=O) groups excluding carboxylic acids is 1. The van der Waals surface area contributed by atoms with Crippen LogP contribution in [0.4, 0.5) is 10.1 Å². The zero-order valence-corrected chi connectivity index (χ0v) is 16.3. The van der Waals surface area contributed by atoms with Gasteiger partial charge in [-0.15, -0.1) is 10.2 Å². The van der Waals surface area contributed by atoms with Crippen molar-refractivity contribution >= 4 is 40.0 Å². The third-order valence-electron chi connectivity index (χ3n) is 4.40. The number of thioether (sulfide) groups is 1. The maximum atomic E-state index is 13.4. The summed E-state index contributed by atoms with van der Waals surface area (Å²) in [7, 11) is 0. The Kier molecular flexibility index (Phi) is 4.95. The lowest BCUT2D eigenvalue weighted by Crippen LogP contribution is -2.15. The third-order valence-corrected chi connectivity index (χ3v) is 5.35. The number of hydrogen-bond donors (Lipinski definition) is 1. The highest BCUT2D eigenvalue weighted by Crippen LogP contribution is 2.26. The van der Waals surface area contributed by atoms with Crippen LogP contribution in [0.3, 0.4) is 0 Å². The van der Waals surface area contributed by atoms with Crippen LogP contribution in [0, 0.1) is 12.7 Å². The number of benzene rings is 2. The first-order valence-corrected chi connectivity index (χ1v) is 9.87. The molecule has 0 aliphatic heterocycles. The molecule has 4 rings (SSSR count). The van der Waals surface area contributed by atoms with Crippen LogP contribution >= 0.6 is 11.8 Å². The maximum Gasteiger partial charge on any atom is 0.234 e. The molecule has 142 valence electrons. The molecule has 4 aromatic rings. The van der Waals surface area contributed by atoms with Crippen LogP contribution in [0.2, 0.25) is 0 Å². The Bertz CT molecular complexity index is 1190. The van der Waals surface area contributed by atoms with Gasteiger partial charge in [-0.1, -0.05) is 36.9 Å². The van der Waals surface area contributed by atoms with E-state index in [0.29, 0.717) is 16.4 Å². The van der Waals surface area contributed by atoms with Crippen LogP contribution < -0.4 is 5.32 Å². The first kappa shape index (κ1) is 18.4. The number of para-hydroxylation sites is 2. The van der Waals surface area contributed by atoms with Gasteiger partial charge in [0.15, 0.2) is 5.65 Å². The molecule has 2 aromatic carbocycles. The number of fused-ring (bicyclic) bond motifs is 3. The summed E-state index contributed by atoms with van der Waals surface area (Å²) in [4.78, 5) is 17.0. The van der Waals surface area contributed by atoms with Gasteiger partial charge in [-0.05, 0) is 36.8 Å². The number of halogens is 1. The highest BCUT2D eigenvalue weighted by Gasteiger charge is 2.16. The van der Waals surface area contributed by atoms with Crippen LogP contribution in [-0.2, 0) is 11.2 Å². The van der Waals surface area contributed by atoms with Gasteiger partial charge in [0.05, 0.1) is 16.8 Å². The van der Waals surface area contributed by atoms with Crippen molar-refractivity contribution < 1.29 is 9.18 Å². The van der Waals surface area contributed by atoms with E-state index < -0.39 is 0 Å². The zero-order chi connectivity index (χ0) is 19.7. The van der Waals surface area contributed by atoms with Crippen molar-refractivity contribution in [2.45, 2.75) is 25.3 Å². The Morgan fingerprint density at radius 3 is 2.86 bits per heavy atom. The Balaban J connectivity index is 1.61. The fraction of sp³-hybridized carbons (Fsp3) is 0.200. The first-order chi connectivity index (χ1) is 13.6. The van der Waals surface area contributed by atoms with Gasteiger partial charge in [0.25, 0.3) is 0 Å². The average Bonchev–Trinajstić information content (AvgIpc) is 3.13. The summed E-state index contributed by atoms with van der Waals surface area (Å²) in [6.45, 7) is 3.84. The second-order valence-corrected chi connectivity index (χ2v) is 7.29. The number of anilines is 1. The van der Waals surface area contributed by atoms with Crippen molar-refractivity contribution in [2.24, 2.45) is 0 Å². The van der Waals surface area contributed by atoms with E-state index in [2.05, 4.69) is 20.5 Å². The third kappa shape index (κ3) is 3.43. The quantitative estimate of drug-likeness (QED) is 0.517. The second-order valence-electron chi connectivity index (χ2n) is 6.33. The van der Waals surface area contributed by atoms with E-state index in [1.54, 1.807) is 6.07 Å². The minimum Gasteiger partial charge on any atom is -0.325 e. The highest BCUT2D eigenvalue weighted by molar-refractivity contribution is 8.00. The minimum atomic E-state index is -0.387. The van der Waals surface area contributed by atoms with Crippen LogP contribution in [0.15, 0.2) is 47.5 Å². The second kappa shape index (κ2) is 7.55. The molecule has 2 heterocycles. The van der Waals surface area contributed by atoms with E-state index in [-0.39, 0.29) is 17.5 Å². The lowest BCUT2D eigenvalue weighted by molar-refractivity contribution is -0.113. The summed E-state index contributed by atoms with van der Waals surface area (Å²) in [5.74, 6) is 0.352. The lowest BCUT2D eigenvalue weighted by Gasteiger charge is -2.09. The van der Waals surface area contributed by atoms with Crippen LogP contribution in [0.5, 0.6) is 0 Å². The molecule has 0 atom stereocenters. The normalized spacial score (nSPS) is 11.2. The number of aromatic nitrogens is 4. The molecule has 0 bridgehead atoms. The van der Waals surface area contributed by atoms with Gasteiger partial charge in [0.2, 0.25) is 5.91 Å². The molecule has 0 unspecified atom stereocenters. The van der Waals surface area contributed by atoms with E-state index in [1.807, 2.05) is 42.5 Å². The Labute approximate surface area is 165 Å². The summed E-state index contributed by atoms with van der Waals surface area (Å²) in [6.07, 6.45) is 0.735. The minimum absolute atomic E-state index is 0.130. The molecule has 1 amide bonds. The largest absolute Gasteiger partial charge is 0.325 e. The van der Waals surface area contributed by atoms with Crippen molar-refractivity contribution in [1.29, 1.82) is 0 Å². The predicted octanol–water partition coefficient (Wildman–Crippen LogP) is 4.02.